The maximum atomic E-state index is 14.4. The van der Waals surface area contributed by atoms with Crippen LogP contribution < -0.4 is 25.2 Å². The molecule has 5 aromatic rings. The minimum absolute atomic E-state index is 0.0158. The number of allylic oxidation sites excluding steroid dienone is 1. The number of alkyl halides is 3. The molecule has 6 heterocycles. The number of imide groups is 1. The molecule has 2 atom stereocenters. The lowest BCUT2D eigenvalue weighted by Gasteiger charge is -2.47. The zero-order valence-corrected chi connectivity index (χ0v) is 55.1. The average Bonchev–Trinajstić information content (AvgIpc) is 1.75. The quantitative estimate of drug-likeness (QED) is 0.0491. The molecule has 5 aromatic carbocycles. The molecule has 7 aliphatic rings. The molecule has 0 aromatic heterocycles. The van der Waals surface area contributed by atoms with Gasteiger partial charge in [0.2, 0.25) is 11.8 Å². The second-order valence-electron chi connectivity index (χ2n) is 25.8. The van der Waals surface area contributed by atoms with Crippen LogP contribution in [-0.2, 0) is 40.7 Å². The third-order valence-electron chi connectivity index (χ3n) is 19.9. The summed E-state index contributed by atoms with van der Waals surface area (Å²) in [4.78, 5) is 63.7. The highest BCUT2D eigenvalue weighted by molar-refractivity contribution is 7.99. The highest BCUT2D eigenvalue weighted by Crippen LogP contribution is 2.50. The number of thioether (sulfide) groups is 1. The van der Waals surface area contributed by atoms with E-state index in [4.69, 9.17) is 16.3 Å². The van der Waals surface area contributed by atoms with Gasteiger partial charge in [-0.2, -0.15) is 13.2 Å². The summed E-state index contributed by atoms with van der Waals surface area (Å²) >= 11 is 7.84. The van der Waals surface area contributed by atoms with Crippen molar-refractivity contribution in [1.82, 2.24) is 29.6 Å². The summed E-state index contributed by atoms with van der Waals surface area (Å²) in [6.45, 7) is 12.2. The fourth-order valence-electron chi connectivity index (χ4n) is 14.4. The average molecular weight is 1360 g/mol. The lowest BCUT2D eigenvalue weighted by molar-refractivity contribution is -0.136. The number of fused-ring (bicyclic) bond motifs is 1. The number of anilines is 3. The lowest BCUT2D eigenvalue weighted by Crippen LogP contribution is -2.52. The minimum Gasteiger partial charge on any atom is -0.380 e. The number of ether oxygens (including phenoxy) is 1. The summed E-state index contributed by atoms with van der Waals surface area (Å²) in [5, 5.41) is 6.10. The molecule has 1 aliphatic carbocycles. The Bertz CT molecular complexity index is 3820. The number of nitrogens with one attached hydrogen (secondary N) is 3. The molecule has 0 bridgehead atoms. The number of piperidine rings is 3. The van der Waals surface area contributed by atoms with Crippen LogP contribution in [0.15, 0.2) is 136 Å². The van der Waals surface area contributed by atoms with Crippen LogP contribution in [0.4, 0.5) is 30.2 Å². The molecule has 4 amide bonds. The van der Waals surface area contributed by atoms with Gasteiger partial charge in [-0.15, -0.1) is 11.8 Å². The summed E-state index contributed by atoms with van der Waals surface area (Å²) in [5.74, 6) is -0.942. The van der Waals surface area contributed by atoms with E-state index in [1.54, 1.807) is 17.0 Å². The second kappa shape index (κ2) is 28.4. The number of piperazine rings is 1. The number of halogens is 4. The van der Waals surface area contributed by atoms with E-state index < -0.39 is 64.7 Å². The minimum atomic E-state index is -6.09. The van der Waals surface area contributed by atoms with Crippen LogP contribution in [0.3, 0.4) is 0 Å². The molecule has 5 saturated heterocycles. The van der Waals surface area contributed by atoms with Crippen molar-refractivity contribution >= 4 is 89.5 Å². The van der Waals surface area contributed by atoms with E-state index in [1.165, 1.54) is 40.6 Å². The number of morpholine rings is 1. The Hall–Kier alpha value is -6.51. The molecule has 12 rings (SSSR count). The van der Waals surface area contributed by atoms with Crippen molar-refractivity contribution in [2.45, 2.75) is 103 Å². The van der Waals surface area contributed by atoms with Crippen LogP contribution in [0.5, 0.6) is 0 Å². The first-order chi connectivity index (χ1) is 44.7. The van der Waals surface area contributed by atoms with Crippen LogP contribution in [-0.4, -0.2) is 182 Å². The van der Waals surface area contributed by atoms with Crippen molar-refractivity contribution in [2.24, 2.45) is 11.3 Å². The Kier molecular flexibility index (Phi) is 20.3. The summed E-state index contributed by atoms with van der Waals surface area (Å²) in [7, 11) is -11.0. The maximum absolute atomic E-state index is 14.4. The molecular formula is C68H79ClF3N9O9S3. The molecular weight excluding hydrogens is 1280 g/mol. The standard InChI is InChI=1S/C68H79ClF3N9O9S3/c69-52-10-6-48(7-11-52)58-20-24-67(25-30-77(31-26-67)43-47-21-28-79(29-22-47)55-14-16-59-50(40-55)45-81(66(59)85)61-18-19-63(82)74-65(61)84)42-51(58)44-78-32-34-80(35-33-78)54-12-8-49(9-13-54)64(83)75-93(88,89)57-15-17-60(62(41-57)92(86,87)68(70,71)72)73-53(23-27-76-36-38-90-39-37-76)46-91-56-4-2-1-3-5-56/h1-17,40-41,47,53,61,73H,18-39,42-46H2,(H,75,83)(H,74,82,84)/t53-,61?/m1/s1. The van der Waals surface area contributed by atoms with E-state index in [-0.39, 0.29) is 29.2 Å². The molecule has 93 heavy (non-hydrogen) atoms. The van der Waals surface area contributed by atoms with Gasteiger partial charge in [0, 0.05) is 129 Å². The van der Waals surface area contributed by atoms with Gasteiger partial charge in [-0.3, -0.25) is 34.3 Å². The molecule has 0 saturated carbocycles. The highest BCUT2D eigenvalue weighted by Gasteiger charge is 2.49. The van der Waals surface area contributed by atoms with Gasteiger partial charge >= 0.3 is 5.51 Å². The van der Waals surface area contributed by atoms with Gasteiger partial charge in [-0.05, 0) is 184 Å². The number of hydrogen-bond acceptors (Lipinski definition) is 16. The molecule has 18 nitrogen and oxygen atoms in total. The third kappa shape index (κ3) is 15.6. The number of nitrogens with zero attached hydrogens (tertiary/aromatic N) is 6. The number of amides is 4. The summed E-state index contributed by atoms with van der Waals surface area (Å²) in [6, 6.07) is 31.3. The number of sulfonamides is 1. The smallest absolute Gasteiger partial charge is 0.380 e. The van der Waals surface area contributed by atoms with Gasteiger partial charge in [0.25, 0.3) is 31.7 Å². The number of benzene rings is 5. The zero-order valence-electron chi connectivity index (χ0n) is 51.9. The van der Waals surface area contributed by atoms with Crippen molar-refractivity contribution in [2.75, 3.05) is 119 Å². The van der Waals surface area contributed by atoms with Crippen molar-refractivity contribution in [3.05, 3.63) is 148 Å². The Labute approximate surface area is 551 Å². The van der Waals surface area contributed by atoms with Gasteiger partial charge in [-0.1, -0.05) is 47.5 Å². The first-order valence-electron chi connectivity index (χ1n) is 32.2. The predicted molar refractivity (Wildman–Crippen MR) is 354 cm³/mol. The number of carbonyl (C=O) groups excluding carboxylic acids is 4. The fourth-order valence-corrected chi connectivity index (χ4v) is 17.6. The van der Waals surface area contributed by atoms with Crippen LogP contribution in [0, 0.1) is 11.3 Å². The second-order valence-corrected chi connectivity index (χ2v) is 30.9. The first kappa shape index (κ1) is 66.5. The lowest BCUT2D eigenvalue weighted by atomic mass is 9.65. The monoisotopic (exact) mass is 1350 g/mol. The molecule has 1 spiro atoms. The molecule has 25 heteroatoms. The SMILES string of the molecule is O=C1CCC(N2Cc3cc(N4CCC(CN5CCC6(CCC(c7ccc(Cl)cc7)=C(CN7CCN(c8ccc(C(=O)NS(=O)(=O)c9ccc(N[C@H](CCN%10CCOCC%10)CSc%10ccccc%10)c(S(=O)(=O)C(F)(F)F)c9)cc8)CC7)C6)CC5)CC4)ccc3C2=O)C(=O)N1. The van der Waals surface area contributed by atoms with E-state index in [0.717, 1.165) is 131 Å². The molecule has 3 N–H and O–H groups in total. The Morgan fingerprint density at radius 2 is 1.44 bits per heavy atom. The molecule has 496 valence electrons. The third-order valence-corrected chi connectivity index (χ3v) is 24.1. The fraction of sp³-hybridized carbons (Fsp3) is 0.471. The van der Waals surface area contributed by atoms with Crippen LogP contribution in [0.1, 0.15) is 96.1 Å². The van der Waals surface area contributed by atoms with E-state index in [9.17, 15) is 49.2 Å². The number of hydrogen-bond donors (Lipinski definition) is 3. The summed E-state index contributed by atoms with van der Waals surface area (Å²) < 4.78 is 105. The molecule has 6 aliphatic heterocycles. The van der Waals surface area contributed by atoms with E-state index in [1.807, 2.05) is 59.3 Å². The van der Waals surface area contributed by atoms with E-state index >= 15 is 0 Å². The van der Waals surface area contributed by atoms with Gasteiger partial charge in [0.15, 0.2) is 0 Å². The van der Waals surface area contributed by atoms with Gasteiger partial charge in [0.05, 0.1) is 23.8 Å². The predicted octanol–water partition coefficient (Wildman–Crippen LogP) is 9.57. The number of sulfone groups is 1. The number of rotatable bonds is 20. The van der Waals surface area contributed by atoms with Gasteiger partial charge in [-0.25, -0.2) is 21.6 Å². The Morgan fingerprint density at radius 3 is 2.14 bits per heavy atom. The van der Waals surface area contributed by atoms with Gasteiger partial charge < -0.3 is 29.7 Å². The molecule has 1 unspecified atom stereocenters. The number of likely N-dealkylation sites (tertiary alicyclic amines) is 1. The summed E-state index contributed by atoms with van der Waals surface area (Å²) in [5.41, 5.74) is 1.61. The first-order valence-corrected chi connectivity index (χ1v) is 36.6. The summed E-state index contributed by atoms with van der Waals surface area (Å²) in [6.07, 6.45) is 8.63. The molecule has 5 fully saturated rings. The van der Waals surface area contributed by atoms with E-state index in [2.05, 4.69) is 53.3 Å². The van der Waals surface area contributed by atoms with Crippen molar-refractivity contribution in [3.63, 3.8) is 0 Å². The Morgan fingerprint density at radius 1 is 0.742 bits per heavy atom. The van der Waals surface area contributed by atoms with Crippen molar-refractivity contribution < 1.29 is 53.9 Å². The van der Waals surface area contributed by atoms with Crippen LogP contribution >= 0.6 is 23.4 Å². The van der Waals surface area contributed by atoms with Crippen molar-refractivity contribution in [3.8, 4) is 0 Å². The normalized spacial score (nSPS) is 21.1. The maximum Gasteiger partial charge on any atom is 0.501 e. The number of carbonyl (C=O) groups is 4. The van der Waals surface area contributed by atoms with Crippen LogP contribution in [0.25, 0.3) is 5.57 Å². The highest BCUT2D eigenvalue weighted by atomic mass is 35.5. The molecule has 0 radical (unpaired) electrons. The van der Waals surface area contributed by atoms with Gasteiger partial charge in [0.1, 0.15) is 10.9 Å². The van der Waals surface area contributed by atoms with Crippen LogP contribution in [0.2, 0.25) is 5.02 Å². The largest absolute Gasteiger partial charge is 0.501 e. The Balaban J connectivity index is 0.638. The topological polar surface area (TPSA) is 201 Å². The van der Waals surface area contributed by atoms with Crippen molar-refractivity contribution in [1.29, 1.82) is 0 Å². The zero-order chi connectivity index (χ0) is 65.1. The van der Waals surface area contributed by atoms with E-state index in [0.29, 0.717) is 93.6 Å².